The van der Waals surface area contributed by atoms with Crippen LogP contribution in [0.5, 0.6) is 0 Å². The zero-order valence-electron chi connectivity index (χ0n) is 9.76. The minimum absolute atomic E-state index is 0. The minimum atomic E-state index is -2.35. The Morgan fingerprint density at radius 2 is 1.56 bits per heavy atom. The van der Waals surface area contributed by atoms with Crippen LogP contribution in [-0.4, -0.2) is 6.43 Å². The van der Waals surface area contributed by atoms with E-state index in [0.29, 0.717) is 0 Å². The van der Waals surface area contributed by atoms with Gasteiger partial charge in [-0.3, -0.25) is 0 Å². The largest absolute Gasteiger partial charge is 0.324 e. The molecular formula is C12H18ClF2N. The van der Waals surface area contributed by atoms with Crippen molar-refractivity contribution in [2.75, 3.05) is 0 Å². The van der Waals surface area contributed by atoms with Crippen molar-refractivity contribution in [2.45, 2.75) is 39.7 Å². The minimum Gasteiger partial charge on any atom is -0.324 e. The fourth-order valence-electron chi connectivity index (χ4n) is 2.09. The molecule has 0 unspecified atom stereocenters. The van der Waals surface area contributed by atoms with Gasteiger partial charge in [0, 0.05) is 12.5 Å². The average Bonchev–Trinajstić information content (AvgIpc) is 1.99. The van der Waals surface area contributed by atoms with Crippen LogP contribution >= 0.6 is 12.4 Å². The highest BCUT2D eigenvalue weighted by Crippen LogP contribution is 2.25. The van der Waals surface area contributed by atoms with Crippen LogP contribution in [0.1, 0.15) is 34.7 Å². The molecule has 0 aliphatic carbocycles. The summed E-state index contributed by atoms with van der Waals surface area (Å²) in [7, 11) is 0. The van der Waals surface area contributed by atoms with Gasteiger partial charge in [-0.25, -0.2) is 8.78 Å². The van der Waals surface area contributed by atoms with Crippen molar-refractivity contribution < 1.29 is 8.78 Å². The predicted octanol–water partition coefficient (Wildman–Crippen LogP) is 3.69. The highest BCUT2D eigenvalue weighted by Gasteiger charge is 2.16. The number of rotatable bonds is 3. The Morgan fingerprint density at radius 3 is 1.94 bits per heavy atom. The Kier molecular flexibility index (Phi) is 5.90. The molecule has 0 saturated heterocycles. The molecule has 16 heavy (non-hydrogen) atoms. The van der Waals surface area contributed by atoms with E-state index in [1.54, 1.807) is 0 Å². The standard InChI is InChI=1S/C12H17F2N.ClH/c1-7-4-8(2)12(9(3)5-7)10(15)6-11(13)14;/h4-5,10-11H,6,15H2,1-3H3;1H/t10-;/m0./s1. The van der Waals surface area contributed by atoms with Crippen molar-refractivity contribution in [1.29, 1.82) is 0 Å². The van der Waals surface area contributed by atoms with E-state index in [9.17, 15) is 8.78 Å². The van der Waals surface area contributed by atoms with Gasteiger partial charge in [0.1, 0.15) is 0 Å². The fraction of sp³-hybridized carbons (Fsp3) is 0.500. The number of halogens is 3. The van der Waals surface area contributed by atoms with Crippen LogP contribution in [0.4, 0.5) is 8.78 Å². The Hall–Kier alpha value is -0.670. The zero-order chi connectivity index (χ0) is 11.6. The average molecular weight is 250 g/mol. The molecule has 2 N–H and O–H groups in total. The smallest absolute Gasteiger partial charge is 0.240 e. The van der Waals surface area contributed by atoms with Crippen LogP contribution in [0.25, 0.3) is 0 Å². The first-order valence-electron chi connectivity index (χ1n) is 5.03. The second kappa shape index (κ2) is 6.16. The van der Waals surface area contributed by atoms with Crippen LogP contribution < -0.4 is 5.73 Å². The molecule has 1 atom stereocenters. The van der Waals surface area contributed by atoms with Gasteiger partial charge in [-0.05, 0) is 37.5 Å². The summed E-state index contributed by atoms with van der Waals surface area (Å²) in [5, 5.41) is 0. The van der Waals surface area contributed by atoms with E-state index in [2.05, 4.69) is 0 Å². The Bertz CT molecular complexity index is 330. The molecule has 0 aliphatic rings. The molecule has 0 heterocycles. The van der Waals surface area contributed by atoms with E-state index in [-0.39, 0.29) is 18.8 Å². The van der Waals surface area contributed by atoms with Crippen molar-refractivity contribution in [3.63, 3.8) is 0 Å². The lowest BCUT2D eigenvalue weighted by molar-refractivity contribution is 0.128. The third kappa shape index (κ3) is 3.72. The number of nitrogens with two attached hydrogens (primary N) is 1. The van der Waals surface area contributed by atoms with Crippen LogP contribution in [0.2, 0.25) is 0 Å². The van der Waals surface area contributed by atoms with E-state index in [4.69, 9.17) is 5.73 Å². The van der Waals surface area contributed by atoms with E-state index in [1.165, 1.54) is 0 Å². The van der Waals surface area contributed by atoms with Crippen LogP contribution in [0.15, 0.2) is 12.1 Å². The Balaban J connectivity index is 0.00000225. The van der Waals surface area contributed by atoms with E-state index >= 15 is 0 Å². The summed E-state index contributed by atoms with van der Waals surface area (Å²) >= 11 is 0. The first-order chi connectivity index (χ1) is 6.91. The third-order valence-corrected chi connectivity index (χ3v) is 2.54. The third-order valence-electron chi connectivity index (χ3n) is 2.54. The predicted molar refractivity (Wildman–Crippen MR) is 65.5 cm³/mol. The number of aryl methyl sites for hydroxylation is 3. The maximum atomic E-state index is 12.2. The van der Waals surface area contributed by atoms with Crippen LogP contribution in [-0.2, 0) is 0 Å². The van der Waals surface area contributed by atoms with Gasteiger partial charge in [0.25, 0.3) is 0 Å². The van der Waals surface area contributed by atoms with Crippen molar-refractivity contribution in [2.24, 2.45) is 5.73 Å². The van der Waals surface area contributed by atoms with Gasteiger partial charge in [0.05, 0.1) is 0 Å². The summed E-state index contributed by atoms with van der Waals surface area (Å²) < 4.78 is 24.5. The summed E-state index contributed by atoms with van der Waals surface area (Å²) in [4.78, 5) is 0. The van der Waals surface area contributed by atoms with Crippen molar-refractivity contribution in [3.05, 3.63) is 34.4 Å². The topological polar surface area (TPSA) is 26.0 Å². The monoisotopic (exact) mass is 249 g/mol. The summed E-state index contributed by atoms with van der Waals surface area (Å²) in [6.07, 6.45) is -2.62. The Labute approximate surface area is 101 Å². The number of alkyl halides is 2. The van der Waals surface area contributed by atoms with Gasteiger partial charge >= 0.3 is 0 Å². The van der Waals surface area contributed by atoms with Gasteiger partial charge < -0.3 is 5.73 Å². The van der Waals surface area contributed by atoms with Crippen LogP contribution in [0, 0.1) is 20.8 Å². The lowest BCUT2D eigenvalue weighted by Crippen LogP contribution is -2.16. The summed E-state index contributed by atoms with van der Waals surface area (Å²) in [6, 6.07) is 3.40. The molecular weight excluding hydrogens is 232 g/mol. The van der Waals surface area contributed by atoms with E-state index in [0.717, 1.165) is 22.3 Å². The summed E-state index contributed by atoms with van der Waals surface area (Å²) in [5.41, 5.74) is 9.77. The van der Waals surface area contributed by atoms with Gasteiger partial charge in [0.15, 0.2) is 0 Å². The molecule has 0 saturated carbocycles. The van der Waals surface area contributed by atoms with Gasteiger partial charge in [-0.15, -0.1) is 12.4 Å². The molecule has 1 nitrogen and oxygen atoms in total. The molecule has 1 aromatic rings. The highest BCUT2D eigenvalue weighted by molar-refractivity contribution is 5.85. The molecule has 0 spiro atoms. The lowest BCUT2D eigenvalue weighted by Gasteiger charge is -2.18. The van der Waals surface area contributed by atoms with Crippen molar-refractivity contribution in [1.82, 2.24) is 0 Å². The zero-order valence-corrected chi connectivity index (χ0v) is 10.6. The molecule has 0 fully saturated rings. The maximum absolute atomic E-state index is 12.2. The van der Waals surface area contributed by atoms with E-state index < -0.39 is 12.5 Å². The normalized spacial score (nSPS) is 12.4. The number of hydrogen-bond donors (Lipinski definition) is 1. The molecule has 4 heteroatoms. The lowest BCUT2D eigenvalue weighted by atomic mass is 9.93. The molecule has 92 valence electrons. The highest BCUT2D eigenvalue weighted by atomic mass is 35.5. The van der Waals surface area contributed by atoms with Crippen molar-refractivity contribution >= 4 is 12.4 Å². The van der Waals surface area contributed by atoms with E-state index in [1.807, 2.05) is 32.9 Å². The molecule has 1 aromatic carbocycles. The second-order valence-corrected chi connectivity index (χ2v) is 4.05. The summed E-state index contributed by atoms with van der Waals surface area (Å²) in [6.45, 7) is 5.82. The molecule has 0 bridgehead atoms. The van der Waals surface area contributed by atoms with Crippen LogP contribution in [0.3, 0.4) is 0 Å². The molecule has 0 aliphatic heterocycles. The maximum Gasteiger partial charge on any atom is 0.240 e. The molecule has 1 rings (SSSR count). The van der Waals surface area contributed by atoms with Gasteiger partial charge in [-0.1, -0.05) is 17.7 Å². The number of benzene rings is 1. The molecule has 0 aromatic heterocycles. The number of hydrogen-bond acceptors (Lipinski definition) is 1. The quantitative estimate of drug-likeness (QED) is 0.869. The fourth-order valence-corrected chi connectivity index (χ4v) is 2.09. The Morgan fingerprint density at radius 1 is 1.12 bits per heavy atom. The van der Waals surface area contributed by atoms with Gasteiger partial charge in [0.2, 0.25) is 6.43 Å². The molecule has 0 radical (unpaired) electrons. The van der Waals surface area contributed by atoms with Gasteiger partial charge in [-0.2, -0.15) is 0 Å². The first-order valence-corrected chi connectivity index (χ1v) is 5.03. The first kappa shape index (κ1) is 15.3. The second-order valence-electron chi connectivity index (χ2n) is 4.05. The van der Waals surface area contributed by atoms with Crippen molar-refractivity contribution in [3.8, 4) is 0 Å². The SMILES string of the molecule is Cc1cc(C)c([C@@H](N)CC(F)F)c(C)c1.Cl. The molecule has 0 amide bonds. The summed E-state index contributed by atoms with van der Waals surface area (Å²) in [5.74, 6) is 0.